The van der Waals surface area contributed by atoms with Crippen LogP contribution in [-0.4, -0.2) is 62.7 Å². The number of hydrogen-bond donors (Lipinski definition) is 3. The van der Waals surface area contributed by atoms with Crippen molar-refractivity contribution in [3.8, 4) is 5.88 Å². The van der Waals surface area contributed by atoms with Crippen LogP contribution in [0.25, 0.3) is 0 Å². The third-order valence-corrected chi connectivity index (χ3v) is 5.60. The molecule has 1 atom stereocenters. The predicted molar refractivity (Wildman–Crippen MR) is 120 cm³/mol. The number of aryl methyl sites for hydroxylation is 1. The van der Waals surface area contributed by atoms with Gasteiger partial charge in [0.25, 0.3) is 5.88 Å². The summed E-state index contributed by atoms with van der Waals surface area (Å²) >= 11 is 0. The lowest BCUT2D eigenvalue weighted by Crippen LogP contribution is -2.43. The molecule has 35 heavy (non-hydrogen) atoms. The Balaban J connectivity index is 1.71. The van der Waals surface area contributed by atoms with Crippen molar-refractivity contribution in [3.05, 3.63) is 47.2 Å². The molecule has 3 aromatic heterocycles. The van der Waals surface area contributed by atoms with Crippen molar-refractivity contribution in [1.29, 1.82) is 0 Å². The Morgan fingerprint density at radius 3 is 2.60 bits per heavy atom. The Morgan fingerprint density at radius 1 is 1.23 bits per heavy atom. The van der Waals surface area contributed by atoms with Crippen LogP contribution in [0.4, 0.5) is 30.8 Å². The van der Waals surface area contributed by atoms with Gasteiger partial charge in [-0.15, -0.1) is 0 Å². The summed E-state index contributed by atoms with van der Waals surface area (Å²) < 4.78 is 54.2. The Bertz CT molecular complexity index is 1180. The molecule has 13 heteroatoms. The number of hydrogen-bond acceptors (Lipinski definition) is 9. The van der Waals surface area contributed by atoms with Crippen LogP contribution in [-0.2, 0) is 4.74 Å². The SMILES string of the molecule is COCC(Oc1nc(Nc2cc(C)[nH]n2)nc(N2CCC(C)(O)CC2)c1F)c1ncc(F)cc1F. The third kappa shape index (κ3) is 5.80. The molecule has 188 valence electrons. The molecule has 0 aliphatic carbocycles. The lowest BCUT2D eigenvalue weighted by atomic mass is 9.94. The molecule has 0 spiro atoms. The van der Waals surface area contributed by atoms with Gasteiger partial charge < -0.3 is 24.8 Å². The average Bonchev–Trinajstić information content (AvgIpc) is 3.20. The van der Waals surface area contributed by atoms with Crippen LogP contribution in [0, 0.1) is 24.4 Å². The van der Waals surface area contributed by atoms with E-state index < -0.39 is 35.0 Å². The van der Waals surface area contributed by atoms with E-state index in [1.807, 2.05) is 6.92 Å². The number of aromatic amines is 1. The number of methoxy groups -OCH3 is 1. The van der Waals surface area contributed by atoms with E-state index >= 15 is 4.39 Å². The summed E-state index contributed by atoms with van der Waals surface area (Å²) in [5, 5.41) is 20.0. The van der Waals surface area contributed by atoms with Crippen LogP contribution in [0.3, 0.4) is 0 Å². The topological polar surface area (TPSA) is 121 Å². The van der Waals surface area contributed by atoms with E-state index in [1.165, 1.54) is 7.11 Å². The smallest absolute Gasteiger partial charge is 0.258 e. The first-order valence-corrected chi connectivity index (χ1v) is 11.0. The number of pyridine rings is 1. The van der Waals surface area contributed by atoms with E-state index in [9.17, 15) is 13.9 Å². The summed E-state index contributed by atoms with van der Waals surface area (Å²) in [6.07, 6.45) is 0.426. The molecule has 3 aromatic rings. The quantitative estimate of drug-likeness (QED) is 0.434. The highest BCUT2D eigenvalue weighted by molar-refractivity contribution is 5.54. The van der Waals surface area contributed by atoms with E-state index in [2.05, 4.69) is 30.5 Å². The van der Waals surface area contributed by atoms with Crippen LogP contribution in [0.5, 0.6) is 5.88 Å². The highest BCUT2D eigenvalue weighted by Gasteiger charge is 2.32. The maximum Gasteiger partial charge on any atom is 0.258 e. The molecule has 3 N–H and O–H groups in total. The van der Waals surface area contributed by atoms with Crippen molar-refractivity contribution in [1.82, 2.24) is 25.1 Å². The fraction of sp³-hybridized carbons (Fsp3) is 0.455. The number of anilines is 3. The first-order valence-electron chi connectivity index (χ1n) is 11.0. The summed E-state index contributed by atoms with van der Waals surface area (Å²) in [5.41, 5.74) is -0.343. The fourth-order valence-corrected chi connectivity index (χ4v) is 3.67. The van der Waals surface area contributed by atoms with Crippen molar-refractivity contribution < 1.29 is 27.8 Å². The molecule has 1 aliphatic heterocycles. The van der Waals surface area contributed by atoms with Crippen LogP contribution < -0.4 is 15.0 Å². The molecule has 1 saturated heterocycles. The van der Waals surface area contributed by atoms with E-state index in [-0.39, 0.29) is 24.1 Å². The van der Waals surface area contributed by atoms with Crippen LogP contribution in [0.2, 0.25) is 0 Å². The second kappa shape index (κ2) is 10.0. The van der Waals surface area contributed by atoms with Gasteiger partial charge in [-0.2, -0.15) is 19.5 Å². The van der Waals surface area contributed by atoms with Crippen LogP contribution in [0.15, 0.2) is 18.3 Å². The Kier molecular flexibility index (Phi) is 7.08. The number of halogens is 3. The number of ether oxygens (including phenoxy) is 2. The number of nitrogens with zero attached hydrogens (tertiary/aromatic N) is 5. The fourth-order valence-electron chi connectivity index (χ4n) is 3.67. The molecule has 0 aromatic carbocycles. The number of piperidine rings is 1. The third-order valence-electron chi connectivity index (χ3n) is 5.60. The lowest BCUT2D eigenvalue weighted by molar-refractivity contribution is 0.0348. The second-order valence-corrected chi connectivity index (χ2v) is 8.62. The monoisotopic (exact) mass is 493 g/mol. The van der Waals surface area contributed by atoms with E-state index in [0.717, 1.165) is 11.9 Å². The minimum Gasteiger partial charge on any atom is -0.463 e. The average molecular weight is 493 g/mol. The molecule has 4 heterocycles. The number of rotatable bonds is 8. The molecule has 0 amide bonds. The van der Waals surface area contributed by atoms with Crippen molar-refractivity contribution in [2.75, 3.05) is 37.0 Å². The zero-order chi connectivity index (χ0) is 25.2. The summed E-state index contributed by atoms with van der Waals surface area (Å²) in [7, 11) is 1.35. The van der Waals surface area contributed by atoms with Gasteiger partial charge >= 0.3 is 0 Å². The minimum absolute atomic E-state index is 0.0102. The minimum atomic E-state index is -1.22. The predicted octanol–water partition coefficient (Wildman–Crippen LogP) is 3.18. The van der Waals surface area contributed by atoms with Crippen LogP contribution >= 0.6 is 0 Å². The molecule has 0 bridgehead atoms. The molecule has 10 nitrogen and oxygen atoms in total. The van der Waals surface area contributed by atoms with Gasteiger partial charge in [0.15, 0.2) is 23.6 Å². The van der Waals surface area contributed by atoms with E-state index in [4.69, 9.17) is 9.47 Å². The van der Waals surface area contributed by atoms with Gasteiger partial charge in [-0.1, -0.05) is 0 Å². The molecule has 0 radical (unpaired) electrons. The lowest BCUT2D eigenvalue weighted by Gasteiger charge is -2.36. The highest BCUT2D eigenvalue weighted by Crippen LogP contribution is 2.33. The first-order chi connectivity index (χ1) is 16.6. The molecule has 1 unspecified atom stereocenters. The van der Waals surface area contributed by atoms with Gasteiger partial charge in [0.2, 0.25) is 11.8 Å². The Morgan fingerprint density at radius 2 is 1.97 bits per heavy atom. The largest absolute Gasteiger partial charge is 0.463 e. The summed E-state index contributed by atoms with van der Waals surface area (Å²) in [6, 6.07) is 2.36. The zero-order valence-corrected chi connectivity index (χ0v) is 19.5. The summed E-state index contributed by atoms with van der Waals surface area (Å²) in [5.74, 6) is -2.85. The van der Waals surface area contributed by atoms with Crippen molar-refractivity contribution in [2.45, 2.75) is 38.4 Å². The zero-order valence-electron chi connectivity index (χ0n) is 19.5. The molecule has 1 aliphatic rings. The number of H-pyrrole nitrogens is 1. The standard InChI is InChI=1S/C22H26F3N7O3/c1-12-8-16(31-30-12)27-21-28-19(32-6-4-22(2,33)5-7-32)17(25)20(29-21)35-15(11-34-3)18-14(24)9-13(23)10-26-18/h8-10,15,33H,4-7,11H2,1-3H3,(H2,27,28,29,30,31). The second-order valence-electron chi connectivity index (χ2n) is 8.62. The van der Waals surface area contributed by atoms with Gasteiger partial charge in [-0.05, 0) is 26.7 Å². The molecule has 0 saturated carbocycles. The van der Waals surface area contributed by atoms with Gasteiger partial charge in [-0.3, -0.25) is 10.1 Å². The highest BCUT2D eigenvalue weighted by atomic mass is 19.1. The first kappa shape index (κ1) is 24.7. The maximum atomic E-state index is 15.6. The van der Waals surface area contributed by atoms with Gasteiger partial charge in [0, 0.05) is 38.0 Å². The van der Waals surface area contributed by atoms with E-state index in [1.54, 1.807) is 17.9 Å². The summed E-state index contributed by atoms with van der Waals surface area (Å²) in [6.45, 7) is 4.01. The number of aromatic nitrogens is 5. The molecule has 4 rings (SSSR count). The molecular weight excluding hydrogens is 467 g/mol. The number of nitrogens with one attached hydrogen (secondary N) is 2. The van der Waals surface area contributed by atoms with Crippen molar-refractivity contribution in [2.24, 2.45) is 0 Å². The van der Waals surface area contributed by atoms with Crippen molar-refractivity contribution >= 4 is 17.6 Å². The summed E-state index contributed by atoms with van der Waals surface area (Å²) in [4.78, 5) is 13.9. The Labute approximate surface area is 199 Å². The maximum absolute atomic E-state index is 15.6. The Hall–Kier alpha value is -3.45. The van der Waals surface area contributed by atoms with E-state index in [0.29, 0.717) is 37.8 Å². The molecular formula is C22H26F3N7O3. The van der Waals surface area contributed by atoms with Gasteiger partial charge in [-0.25, -0.2) is 8.78 Å². The normalized spacial score (nSPS) is 16.3. The van der Waals surface area contributed by atoms with Gasteiger partial charge in [0.1, 0.15) is 11.5 Å². The van der Waals surface area contributed by atoms with Crippen molar-refractivity contribution in [3.63, 3.8) is 0 Å². The van der Waals surface area contributed by atoms with Crippen LogP contribution in [0.1, 0.15) is 37.3 Å². The molecule has 1 fully saturated rings. The van der Waals surface area contributed by atoms with Gasteiger partial charge in [0.05, 0.1) is 18.4 Å². The number of aliphatic hydroxyl groups is 1.